The molecule has 126 valence electrons. The van der Waals surface area contributed by atoms with E-state index in [-0.39, 0.29) is 24.5 Å². The molecule has 2 aliphatic heterocycles. The highest BCUT2D eigenvalue weighted by Gasteiger charge is 2.30. The molecule has 0 spiro atoms. The third-order valence-corrected chi connectivity index (χ3v) is 4.43. The van der Waals surface area contributed by atoms with Crippen LogP contribution in [-0.4, -0.2) is 82.6 Å². The predicted octanol–water partition coefficient (Wildman–Crippen LogP) is -0.392. The van der Waals surface area contributed by atoms with Gasteiger partial charge < -0.3 is 9.84 Å². The minimum Gasteiger partial charge on any atom is -0.338 e. The van der Waals surface area contributed by atoms with Crippen molar-refractivity contribution in [3.05, 3.63) is 11.7 Å². The Morgan fingerprint density at radius 3 is 2.52 bits per heavy atom. The number of rotatable bonds is 5. The van der Waals surface area contributed by atoms with Crippen LogP contribution in [0.2, 0.25) is 0 Å². The van der Waals surface area contributed by atoms with Crippen molar-refractivity contribution in [1.29, 1.82) is 0 Å². The Kier molecular flexibility index (Phi) is 4.58. The summed E-state index contributed by atoms with van der Waals surface area (Å²) in [7, 11) is 0. The van der Waals surface area contributed by atoms with Gasteiger partial charge in [0, 0.05) is 39.3 Å². The first kappa shape index (κ1) is 15.9. The fraction of sp³-hybridized carbons (Fsp3) is 0.714. The molecule has 2 aliphatic rings. The summed E-state index contributed by atoms with van der Waals surface area (Å²) in [6.07, 6.45) is 0. The summed E-state index contributed by atoms with van der Waals surface area (Å²) in [6, 6.07) is -0.182. The van der Waals surface area contributed by atoms with Crippen molar-refractivity contribution in [3.63, 3.8) is 0 Å². The van der Waals surface area contributed by atoms with Crippen LogP contribution in [0.1, 0.15) is 24.7 Å². The van der Waals surface area contributed by atoms with Crippen molar-refractivity contribution < 1.29 is 14.1 Å². The zero-order valence-corrected chi connectivity index (χ0v) is 13.5. The van der Waals surface area contributed by atoms with Crippen molar-refractivity contribution in [2.45, 2.75) is 19.9 Å². The Bertz CT molecular complexity index is 565. The van der Waals surface area contributed by atoms with Gasteiger partial charge in [0.05, 0.1) is 12.6 Å². The highest BCUT2D eigenvalue weighted by molar-refractivity contribution is 6.01. The number of hydrogen-bond donors (Lipinski definition) is 1. The summed E-state index contributed by atoms with van der Waals surface area (Å²) >= 11 is 0. The third kappa shape index (κ3) is 3.50. The van der Waals surface area contributed by atoms with Gasteiger partial charge in [0.2, 0.25) is 11.8 Å². The summed E-state index contributed by atoms with van der Waals surface area (Å²) in [5, 5.41) is 6.37. The van der Waals surface area contributed by atoms with E-state index in [9.17, 15) is 9.59 Å². The lowest BCUT2D eigenvalue weighted by atomic mass is 10.2. The number of nitrogens with zero attached hydrogens (tertiary/aromatic N) is 5. The predicted molar refractivity (Wildman–Crippen MR) is 80.6 cm³/mol. The normalized spacial score (nSPS) is 21.7. The first-order valence-electron chi connectivity index (χ1n) is 7.89. The van der Waals surface area contributed by atoms with Gasteiger partial charge in [-0.05, 0) is 13.8 Å². The molecule has 1 unspecified atom stereocenters. The van der Waals surface area contributed by atoms with E-state index in [4.69, 9.17) is 4.52 Å². The quantitative estimate of drug-likeness (QED) is 0.738. The number of amides is 3. The van der Waals surface area contributed by atoms with Crippen LogP contribution in [0.3, 0.4) is 0 Å². The number of nitrogens with one attached hydrogen (secondary N) is 1. The average molecular weight is 322 g/mol. The number of urea groups is 1. The van der Waals surface area contributed by atoms with Crippen molar-refractivity contribution in [3.8, 4) is 0 Å². The maximum Gasteiger partial charge on any atom is 0.324 e. The van der Waals surface area contributed by atoms with Crippen LogP contribution < -0.4 is 5.32 Å². The molecule has 1 aromatic rings. The molecule has 3 rings (SSSR count). The summed E-state index contributed by atoms with van der Waals surface area (Å²) < 4.78 is 5.24. The molecular weight excluding hydrogens is 300 g/mol. The molecule has 1 aromatic heterocycles. The van der Waals surface area contributed by atoms with Crippen LogP contribution in [0.5, 0.6) is 0 Å². The fourth-order valence-corrected chi connectivity index (χ4v) is 2.94. The molecule has 0 radical (unpaired) electrons. The number of aryl methyl sites for hydroxylation is 1. The molecule has 1 N–H and O–H groups in total. The number of aromatic nitrogens is 2. The van der Waals surface area contributed by atoms with E-state index in [1.807, 2.05) is 6.92 Å². The van der Waals surface area contributed by atoms with Gasteiger partial charge in [0.1, 0.15) is 0 Å². The SMILES string of the molecule is Cc1noc(C(C)N2CCN(CCN3C(=O)CNC3=O)CC2)n1. The summed E-state index contributed by atoms with van der Waals surface area (Å²) in [5.74, 6) is 1.16. The molecule has 0 saturated carbocycles. The largest absolute Gasteiger partial charge is 0.338 e. The van der Waals surface area contributed by atoms with E-state index in [1.54, 1.807) is 0 Å². The van der Waals surface area contributed by atoms with Crippen molar-refractivity contribution >= 4 is 11.9 Å². The monoisotopic (exact) mass is 322 g/mol. The van der Waals surface area contributed by atoms with Crippen LogP contribution >= 0.6 is 0 Å². The second-order valence-electron chi connectivity index (χ2n) is 5.94. The molecule has 2 fully saturated rings. The molecular formula is C14H22N6O3. The van der Waals surface area contributed by atoms with Gasteiger partial charge in [-0.3, -0.25) is 19.5 Å². The van der Waals surface area contributed by atoms with Crippen LogP contribution in [0.25, 0.3) is 0 Å². The van der Waals surface area contributed by atoms with Crippen molar-refractivity contribution in [2.24, 2.45) is 0 Å². The van der Waals surface area contributed by atoms with E-state index >= 15 is 0 Å². The number of piperazine rings is 1. The van der Waals surface area contributed by atoms with E-state index in [0.29, 0.717) is 24.8 Å². The minimum atomic E-state index is -0.283. The topological polar surface area (TPSA) is 94.8 Å². The number of hydrogen-bond acceptors (Lipinski definition) is 7. The van der Waals surface area contributed by atoms with Crippen LogP contribution in [-0.2, 0) is 4.79 Å². The number of carbonyl (C=O) groups excluding carboxylic acids is 2. The first-order valence-corrected chi connectivity index (χ1v) is 7.89. The lowest BCUT2D eigenvalue weighted by Crippen LogP contribution is -2.49. The molecule has 9 heteroatoms. The van der Waals surface area contributed by atoms with E-state index in [2.05, 4.69) is 32.2 Å². The van der Waals surface area contributed by atoms with Gasteiger partial charge in [-0.2, -0.15) is 4.98 Å². The highest BCUT2D eigenvalue weighted by Crippen LogP contribution is 2.19. The summed E-state index contributed by atoms with van der Waals surface area (Å²) in [5.41, 5.74) is 0. The molecule has 2 saturated heterocycles. The highest BCUT2D eigenvalue weighted by atomic mass is 16.5. The minimum absolute atomic E-state index is 0.101. The van der Waals surface area contributed by atoms with Crippen molar-refractivity contribution in [1.82, 2.24) is 30.2 Å². The number of imide groups is 1. The lowest BCUT2D eigenvalue weighted by Gasteiger charge is -2.37. The van der Waals surface area contributed by atoms with E-state index in [0.717, 1.165) is 26.2 Å². The smallest absolute Gasteiger partial charge is 0.324 e. The van der Waals surface area contributed by atoms with Crippen LogP contribution in [0.4, 0.5) is 4.79 Å². The zero-order valence-electron chi connectivity index (χ0n) is 13.5. The molecule has 9 nitrogen and oxygen atoms in total. The summed E-state index contributed by atoms with van der Waals surface area (Å²) in [6.45, 7) is 8.72. The Balaban J connectivity index is 1.45. The van der Waals surface area contributed by atoms with Gasteiger partial charge >= 0.3 is 6.03 Å². The second kappa shape index (κ2) is 6.63. The molecule has 0 aliphatic carbocycles. The Morgan fingerprint density at radius 1 is 1.22 bits per heavy atom. The van der Waals surface area contributed by atoms with E-state index < -0.39 is 0 Å². The Labute approximate surface area is 134 Å². The Hall–Kier alpha value is -2.00. The molecule has 23 heavy (non-hydrogen) atoms. The third-order valence-electron chi connectivity index (χ3n) is 4.43. The summed E-state index contributed by atoms with van der Waals surface area (Å²) in [4.78, 5) is 33.2. The number of carbonyl (C=O) groups is 2. The van der Waals surface area contributed by atoms with Gasteiger partial charge in [-0.1, -0.05) is 5.16 Å². The van der Waals surface area contributed by atoms with Gasteiger partial charge in [0.25, 0.3) is 0 Å². The first-order chi connectivity index (χ1) is 11.0. The molecule has 3 amide bonds. The van der Waals surface area contributed by atoms with Crippen LogP contribution in [0, 0.1) is 6.92 Å². The van der Waals surface area contributed by atoms with Gasteiger partial charge in [0.15, 0.2) is 5.82 Å². The zero-order chi connectivity index (χ0) is 16.4. The standard InChI is InChI=1S/C14H22N6O3/c1-10(13-16-11(2)17-23-13)19-6-3-18(4-7-19)5-8-20-12(21)9-15-14(20)22/h10H,3-9H2,1-2H3,(H,15,22). The maximum absolute atomic E-state index is 11.6. The molecule has 3 heterocycles. The molecule has 1 atom stereocenters. The van der Waals surface area contributed by atoms with Crippen LogP contribution in [0.15, 0.2) is 4.52 Å². The molecule has 0 bridgehead atoms. The fourth-order valence-electron chi connectivity index (χ4n) is 2.94. The average Bonchev–Trinajstić information content (AvgIpc) is 3.12. The van der Waals surface area contributed by atoms with Gasteiger partial charge in [-0.15, -0.1) is 0 Å². The van der Waals surface area contributed by atoms with Crippen molar-refractivity contribution in [2.75, 3.05) is 45.8 Å². The lowest BCUT2D eigenvalue weighted by molar-refractivity contribution is -0.125. The maximum atomic E-state index is 11.6. The van der Waals surface area contributed by atoms with E-state index in [1.165, 1.54) is 4.90 Å². The second-order valence-corrected chi connectivity index (χ2v) is 5.94. The Morgan fingerprint density at radius 2 is 1.96 bits per heavy atom. The molecule has 0 aromatic carbocycles. The van der Waals surface area contributed by atoms with Gasteiger partial charge in [-0.25, -0.2) is 4.79 Å².